The molecule has 6 fully saturated rings. The number of esters is 1. The number of carbonyl (C=O) groups excluding carboxylic acids is 2. The molecule has 4 heteroatoms. The Kier molecular flexibility index (Phi) is 2.72. The van der Waals surface area contributed by atoms with E-state index in [1.54, 1.807) is 0 Å². The quantitative estimate of drug-likeness (QED) is 0.548. The van der Waals surface area contributed by atoms with Gasteiger partial charge in [0.25, 0.3) is 0 Å². The van der Waals surface area contributed by atoms with Gasteiger partial charge in [0.15, 0.2) is 0 Å². The lowest BCUT2D eigenvalue weighted by Crippen LogP contribution is -2.72. The summed E-state index contributed by atoms with van der Waals surface area (Å²) in [7, 11) is 0. The van der Waals surface area contributed by atoms with Crippen LogP contribution in [0.5, 0.6) is 0 Å². The van der Waals surface area contributed by atoms with Crippen molar-refractivity contribution in [2.24, 2.45) is 34.0 Å². The Morgan fingerprint density at radius 1 is 1.17 bits per heavy atom. The van der Waals surface area contributed by atoms with Crippen molar-refractivity contribution < 1.29 is 19.4 Å². The molecule has 1 N–H and O–H groups in total. The minimum absolute atomic E-state index is 0.0667. The van der Waals surface area contributed by atoms with Gasteiger partial charge in [0.1, 0.15) is 5.78 Å². The molecular formula is C20H26O4. The lowest BCUT2D eigenvalue weighted by molar-refractivity contribution is -0.243. The van der Waals surface area contributed by atoms with Crippen LogP contribution in [0, 0.1) is 34.0 Å². The van der Waals surface area contributed by atoms with E-state index in [-0.39, 0.29) is 34.9 Å². The minimum Gasteiger partial charge on any atom is -0.465 e. The molecule has 6 aliphatic rings. The molecule has 5 saturated carbocycles. The highest BCUT2D eigenvalue weighted by molar-refractivity contribution is 5.92. The van der Waals surface area contributed by atoms with Gasteiger partial charge in [-0.05, 0) is 55.4 Å². The predicted octanol–water partition coefficient (Wildman–Crippen LogP) is 2.64. The summed E-state index contributed by atoms with van der Waals surface area (Å²) >= 11 is 0. The molecule has 0 amide bonds. The summed E-state index contributed by atoms with van der Waals surface area (Å²) in [5.74, 6) is 0.358. The Labute approximate surface area is 142 Å². The van der Waals surface area contributed by atoms with Gasteiger partial charge in [-0.1, -0.05) is 19.9 Å². The Hall–Kier alpha value is -1.16. The van der Waals surface area contributed by atoms with Crippen molar-refractivity contribution in [1.29, 1.82) is 0 Å². The second-order valence-corrected chi connectivity index (χ2v) is 9.35. The Balaban J connectivity index is 1.72. The average Bonchev–Trinajstić information content (AvgIpc) is 2.57. The van der Waals surface area contributed by atoms with Crippen LogP contribution >= 0.6 is 0 Å². The molecule has 0 aromatic carbocycles. The fourth-order valence-corrected chi connectivity index (χ4v) is 7.47. The van der Waals surface area contributed by atoms with E-state index in [2.05, 4.69) is 13.5 Å². The second kappa shape index (κ2) is 4.32. The van der Waals surface area contributed by atoms with Gasteiger partial charge < -0.3 is 9.84 Å². The molecule has 0 aromatic rings. The molecule has 0 aromatic heterocycles. The maximum Gasteiger partial charge on any atom is 0.312 e. The molecule has 5 aliphatic carbocycles. The van der Waals surface area contributed by atoms with Crippen molar-refractivity contribution >= 4 is 11.8 Å². The van der Waals surface area contributed by atoms with Crippen LogP contribution in [0.3, 0.4) is 0 Å². The van der Waals surface area contributed by atoms with E-state index < -0.39 is 16.9 Å². The standard InChI is InChI=1S/C20H26O4/c1-11-12-4-7-20(16(11)22)14(8-12)19-6-3-5-18(2,10-24-17(19)23)13(19)9-15(20)21/h12-14,16,22H,1,3-10H2,2H3/t12-,13?,14?,16-,18-,19-,20?/m0/s1. The molecule has 1 aliphatic heterocycles. The lowest BCUT2D eigenvalue weighted by atomic mass is 9.35. The monoisotopic (exact) mass is 330 g/mol. The maximum absolute atomic E-state index is 13.3. The second-order valence-electron chi connectivity index (χ2n) is 9.35. The smallest absolute Gasteiger partial charge is 0.312 e. The highest BCUT2D eigenvalue weighted by Gasteiger charge is 2.75. The molecule has 3 unspecified atom stereocenters. The molecule has 7 atom stereocenters. The SMILES string of the molecule is C=C1[C@H]2CCC3(C(=O)CC4[C@@]5(C)CCC[C@@]4(C(=O)OC5)C3C2)[C@H]1O. The average molecular weight is 330 g/mol. The zero-order valence-electron chi connectivity index (χ0n) is 14.3. The summed E-state index contributed by atoms with van der Waals surface area (Å²) in [6.07, 6.45) is 4.97. The summed E-state index contributed by atoms with van der Waals surface area (Å²) in [5, 5.41) is 11.0. The van der Waals surface area contributed by atoms with E-state index in [0.717, 1.165) is 37.7 Å². The molecule has 0 radical (unpaired) electrons. The van der Waals surface area contributed by atoms with Gasteiger partial charge in [-0.3, -0.25) is 9.59 Å². The summed E-state index contributed by atoms with van der Waals surface area (Å²) in [4.78, 5) is 26.4. The molecule has 1 saturated heterocycles. The van der Waals surface area contributed by atoms with Crippen molar-refractivity contribution in [3.8, 4) is 0 Å². The Morgan fingerprint density at radius 2 is 1.96 bits per heavy atom. The van der Waals surface area contributed by atoms with E-state index in [0.29, 0.717) is 19.4 Å². The van der Waals surface area contributed by atoms with Gasteiger partial charge in [0.2, 0.25) is 0 Å². The summed E-state index contributed by atoms with van der Waals surface area (Å²) in [6, 6.07) is 0. The number of aliphatic hydroxyl groups excluding tert-OH is 1. The number of fused-ring (bicyclic) bond motifs is 2. The van der Waals surface area contributed by atoms with Crippen molar-refractivity contribution in [1.82, 2.24) is 0 Å². The number of cyclic esters (lactones) is 1. The molecule has 1 spiro atoms. The molecule has 4 bridgehead atoms. The van der Waals surface area contributed by atoms with Crippen LogP contribution in [0.15, 0.2) is 12.2 Å². The van der Waals surface area contributed by atoms with Gasteiger partial charge in [0.05, 0.1) is 23.5 Å². The van der Waals surface area contributed by atoms with Crippen LogP contribution in [0.2, 0.25) is 0 Å². The predicted molar refractivity (Wildman–Crippen MR) is 86.9 cm³/mol. The highest BCUT2D eigenvalue weighted by atomic mass is 16.5. The first-order valence-corrected chi connectivity index (χ1v) is 9.43. The van der Waals surface area contributed by atoms with Crippen LogP contribution in [-0.2, 0) is 14.3 Å². The number of ketones is 1. The molecule has 6 rings (SSSR count). The molecule has 4 nitrogen and oxygen atoms in total. The van der Waals surface area contributed by atoms with E-state index in [1.165, 1.54) is 0 Å². The lowest BCUT2D eigenvalue weighted by Gasteiger charge is -2.68. The highest BCUT2D eigenvalue weighted by Crippen LogP contribution is 2.72. The van der Waals surface area contributed by atoms with Crippen molar-refractivity contribution in [2.75, 3.05) is 6.61 Å². The first kappa shape index (κ1) is 15.1. The first-order valence-electron chi connectivity index (χ1n) is 9.43. The fraction of sp³-hybridized carbons (Fsp3) is 0.800. The van der Waals surface area contributed by atoms with Crippen LogP contribution in [0.4, 0.5) is 0 Å². The summed E-state index contributed by atoms with van der Waals surface area (Å²) in [5.41, 5.74) is -0.595. The van der Waals surface area contributed by atoms with Crippen molar-refractivity contribution in [3.63, 3.8) is 0 Å². The normalized spacial score (nSPS) is 55.7. The minimum atomic E-state index is -0.781. The van der Waals surface area contributed by atoms with Crippen molar-refractivity contribution in [3.05, 3.63) is 12.2 Å². The van der Waals surface area contributed by atoms with Gasteiger partial charge in [0, 0.05) is 11.8 Å². The molecule has 24 heavy (non-hydrogen) atoms. The molecular weight excluding hydrogens is 304 g/mol. The summed E-state index contributed by atoms with van der Waals surface area (Å²) in [6.45, 7) is 6.74. The first-order chi connectivity index (χ1) is 11.4. The zero-order chi connectivity index (χ0) is 16.9. The van der Waals surface area contributed by atoms with E-state index in [1.807, 2.05) is 0 Å². The number of hydrogen-bond donors (Lipinski definition) is 1. The van der Waals surface area contributed by atoms with Gasteiger partial charge >= 0.3 is 5.97 Å². The van der Waals surface area contributed by atoms with E-state index in [4.69, 9.17) is 4.74 Å². The van der Waals surface area contributed by atoms with E-state index in [9.17, 15) is 14.7 Å². The van der Waals surface area contributed by atoms with Crippen LogP contribution in [-0.4, -0.2) is 29.6 Å². The number of ether oxygens (including phenoxy) is 1. The molecule has 1 heterocycles. The van der Waals surface area contributed by atoms with Gasteiger partial charge in [-0.2, -0.15) is 0 Å². The third-order valence-electron chi connectivity index (χ3n) is 8.66. The number of Topliss-reactive ketones (excluding diaryl/α,β-unsaturated/α-hetero) is 1. The topological polar surface area (TPSA) is 63.6 Å². The molecule has 130 valence electrons. The van der Waals surface area contributed by atoms with Gasteiger partial charge in [-0.15, -0.1) is 0 Å². The van der Waals surface area contributed by atoms with E-state index >= 15 is 0 Å². The third kappa shape index (κ3) is 1.39. The zero-order valence-corrected chi connectivity index (χ0v) is 14.3. The number of rotatable bonds is 0. The number of carbonyl (C=O) groups is 2. The summed E-state index contributed by atoms with van der Waals surface area (Å²) < 4.78 is 5.70. The fourth-order valence-electron chi connectivity index (χ4n) is 7.47. The maximum atomic E-state index is 13.3. The Morgan fingerprint density at radius 3 is 2.75 bits per heavy atom. The number of aliphatic hydroxyl groups is 1. The van der Waals surface area contributed by atoms with Crippen LogP contribution < -0.4 is 0 Å². The third-order valence-corrected chi connectivity index (χ3v) is 8.66. The van der Waals surface area contributed by atoms with Crippen LogP contribution in [0.25, 0.3) is 0 Å². The van der Waals surface area contributed by atoms with Gasteiger partial charge in [-0.25, -0.2) is 0 Å². The van der Waals surface area contributed by atoms with Crippen LogP contribution in [0.1, 0.15) is 51.9 Å². The van der Waals surface area contributed by atoms with Crippen molar-refractivity contribution in [2.45, 2.75) is 58.0 Å². The number of hydrogen-bond acceptors (Lipinski definition) is 4. The Bertz CT molecular complexity index is 669. The largest absolute Gasteiger partial charge is 0.465 e.